The summed E-state index contributed by atoms with van der Waals surface area (Å²) in [5, 5.41) is 0.759. The first-order valence-electron chi connectivity index (χ1n) is 5.66. The molecule has 0 saturated heterocycles. The number of anilines is 1. The van der Waals surface area contributed by atoms with Gasteiger partial charge in [-0.05, 0) is 23.8 Å². The number of hydrazine groups is 1. The Morgan fingerprint density at radius 2 is 2.15 bits per heavy atom. The van der Waals surface area contributed by atoms with Crippen LogP contribution in [0.15, 0.2) is 30.3 Å². The molecule has 6 heteroatoms. The average molecular weight is 268 g/mol. The summed E-state index contributed by atoms with van der Waals surface area (Å²) in [5.74, 6) is 7.44. The molecule has 0 saturated carbocycles. The van der Waals surface area contributed by atoms with Crippen molar-refractivity contribution < 1.29 is 9.59 Å². The highest BCUT2D eigenvalue weighted by atomic mass is 16.1. The van der Waals surface area contributed by atoms with Crippen molar-refractivity contribution in [1.29, 1.82) is 0 Å². The molecule has 5 N–H and O–H groups in total. The predicted molar refractivity (Wildman–Crippen MR) is 75.4 cm³/mol. The first kappa shape index (κ1) is 13.4. The fraction of sp³-hybridized carbons (Fsp3) is 0. The van der Waals surface area contributed by atoms with Crippen molar-refractivity contribution in [3.05, 3.63) is 41.5 Å². The predicted octanol–water partition coefficient (Wildman–Crippen LogP) is 0.598. The molecule has 0 aliphatic carbocycles. The lowest BCUT2D eigenvalue weighted by atomic mass is 10.1. The smallest absolute Gasteiger partial charge is 0.252 e. The van der Waals surface area contributed by atoms with Gasteiger partial charge in [0.2, 0.25) is 6.41 Å². The summed E-state index contributed by atoms with van der Waals surface area (Å²) in [7, 11) is 0. The van der Waals surface area contributed by atoms with Crippen LogP contribution in [0.1, 0.15) is 15.9 Å². The Morgan fingerprint density at radius 3 is 2.75 bits per heavy atom. The highest BCUT2D eigenvalue weighted by Gasteiger charge is 2.17. The van der Waals surface area contributed by atoms with E-state index in [1.165, 1.54) is 6.07 Å². The molecule has 2 aromatic rings. The quantitative estimate of drug-likeness (QED) is 0.248. The second kappa shape index (κ2) is 5.30. The molecular formula is C14H12N4O2. The number of nitrogens with one attached hydrogen (secondary N) is 1. The number of rotatable bonds is 4. The van der Waals surface area contributed by atoms with Crippen LogP contribution in [0.5, 0.6) is 0 Å². The lowest BCUT2D eigenvalue weighted by Crippen LogP contribution is -2.31. The Bertz CT molecular complexity index is 712. The standard InChI is InChI=1S/C14H12N4O2/c1-2-9-4-3-5-10(6-9)12-7-11(13(15)20)14(17-12)18(16)8-19/h1,3-8,17H,16H2,(H2,15,20). The van der Waals surface area contributed by atoms with Crippen LogP contribution in [0.3, 0.4) is 0 Å². The third-order valence-corrected chi connectivity index (χ3v) is 2.77. The number of nitrogens with two attached hydrogens (primary N) is 2. The number of nitrogens with zero attached hydrogens (tertiary/aromatic N) is 1. The number of H-pyrrole nitrogens is 1. The van der Waals surface area contributed by atoms with Gasteiger partial charge < -0.3 is 10.7 Å². The van der Waals surface area contributed by atoms with E-state index in [1.54, 1.807) is 18.2 Å². The highest BCUT2D eigenvalue weighted by molar-refractivity contribution is 6.01. The lowest BCUT2D eigenvalue weighted by molar-refractivity contribution is -0.107. The van der Waals surface area contributed by atoms with Gasteiger partial charge in [-0.2, -0.15) is 0 Å². The molecule has 2 rings (SSSR count). The highest BCUT2D eigenvalue weighted by Crippen LogP contribution is 2.26. The zero-order valence-electron chi connectivity index (χ0n) is 10.5. The zero-order valence-corrected chi connectivity index (χ0v) is 10.5. The number of benzene rings is 1. The Balaban J connectivity index is 2.55. The van der Waals surface area contributed by atoms with Crippen LogP contribution in [0.25, 0.3) is 11.3 Å². The number of carbonyl (C=O) groups is 2. The number of terminal acetylenes is 1. The van der Waals surface area contributed by atoms with Crippen molar-refractivity contribution >= 4 is 18.1 Å². The van der Waals surface area contributed by atoms with Gasteiger partial charge in [0.05, 0.1) is 5.56 Å². The van der Waals surface area contributed by atoms with E-state index in [0.717, 1.165) is 10.6 Å². The largest absolute Gasteiger partial charge is 0.365 e. The van der Waals surface area contributed by atoms with Crippen LogP contribution < -0.4 is 16.6 Å². The molecule has 1 aromatic heterocycles. The van der Waals surface area contributed by atoms with Gasteiger partial charge in [-0.1, -0.05) is 18.1 Å². The summed E-state index contributed by atoms with van der Waals surface area (Å²) in [6.07, 6.45) is 5.72. The number of hydrogen-bond acceptors (Lipinski definition) is 3. The monoisotopic (exact) mass is 268 g/mol. The molecule has 0 unspecified atom stereocenters. The van der Waals surface area contributed by atoms with Crippen molar-refractivity contribution in [2.24, 2.45) is 11.6 Å². The van der Waals surface area contributed by atoms with Crippen LogP contribution in [-0.4, -0.2) is 17.3 Å². The minimum Gasteiger partial charge on any atom is -0.365 e. The summed E-state index contributed by atoms with van der Waals surface area (Å²) in [5.41, 5.74) is 7.43. The van der Waals surface area contributed by atoms with E-state index in [4.69, 9.17) is 18.0 Å². The Labute approximate surface area is 115 Å². The number of aromatic amines is 1. The molecule has 0 radical (unpaired) electrons. The molecule has 0 spiro atoms. The van der Waals surface area contributed by atoms with Gasteiger partial charge in [-0.15, -0.1) is 6.42 Å². The maximum absolute atomic E-state index is 11.4. The van der Waals surface area contributed by atoms with Gasteiger partial charge in [0.15, 0.2) is 0 Å². The van der Waals surface area contributed by atoms with E-state index in [9.17, 15) is 9.59 Å². The van der Waals surface area contributed by atoms with Gasteiger partial charge in [0, 0.05) is 11.3 Å². The first-order valence-corrected chi connectivity index (χ1v) is 5.66. The topological polar surface area (TPSA) is 105 Å². The van der Waals surface area contributed by atoms with Crippen LogP contribution >= 0.6 is 0 Å². The third-order valence-electron chi connectivity index (χ3n) is 2.77. The maximum Gasteiger partial charge on any atom is 0.252 e. The Hall–Kier alpha value is -3.04. The minimum absolute atomic E-state index is 0.126. The molecule has 0 aliphatic heterocycles. The second-order valence-electron chi connectivity index (χ2n) is 4.05. The van der Waals surface area contributed by atoms with Gasteiger partial charge in [-0.3, -0.25) is 9.59 Å². The van der Waals surface area contributed by atoms with Gasteiger partial charge in [0.25, 0.3) is 5.91 Å². The number of hydrogen-bond donors (Lipinski definition) is 3. The number of amides is 2. The molecule has 6 nitrogen and oxygen atoms in total. The molecule has 0 aliphatic rings. The average Bonchev–Trinajstić information content (AvgIpc) is 2.92. The Morgan fingerprint density at radius 1 is 1.40 bits per heavy atom. The van der Waals surface area contributed by atoms with E-state index < -0.39 is 5.91 Å². The minimum atomic E-state index is -0.687. The van der Waals surface area contributed by atoms with Gasteiger partial charge >= 0.3 is 0 Å². The summed E-state index contributed by atoms with van der Waals surface area (Å²) in [6, 6.07) is 8.67. The van der Waals surface area contributed by atoms with E-state index in [1.807, 2.05) is 6.07 Å². The third kappa shape index (κ3) is 2.39. The SMILES string of the molecule is C#Cc1cccc(-c2cc(C(N)=O)c(N(N)C=O)[nH]2)c1. The summed E-state index contributed by atoms with van der Waals surface area (Å²) < 4.78 is 0. The van der Waals surface area contributed by atoms with E-state index in [-0.39, 0.29) is 11.4 Å². The first-order chi connectivity index (χ1) is 9.56. The lowest BCUT2D eigenvalue weighted by Gasteiger charge is -2.08. The second-order valence-corrected chi connectivity index (χ2v) is 4.05. The van der Waals surface area contributed by atoms with Crippen molar-refractivity contribution in [3.63, 3.8) is 0 Å². The van der Waals surface area contributed by atoms with Crippen LogP contribution in [-0.2, 0) is 4.79 Å². The molecule has 1 heterocycles. The number of carbonyl (C=O) groups excluding carboxylic acids is 2. The number of primary amides is 1. The van der Waals surface area contributed by atoms with Crippen molar-refractivity contribution in [3.8, 4) is 23.6 Å². The molecular weight excluding hydrogens is 256 g/mol. The number of aromatic nitrogens is 1. The van der Waals surface area contributed by atoms with Crippen LogP contribution in [0.4, 0.5) is 5.82 Å². The molecule has 2 amide bonds. The van der Waals surface area contributed by atoms with E-state index >= 15 is 0 Å². The summed E-state index contributed by atoms with van der Waals surface area (Å²) in [6.45, 7) is 0. The maximum atomic E-state index is 11.4. The summed E-state index contributed by atoms with van der Waals surface area (Å²) >= 11 is 0. The van der Waals surface area contributed by atoms with Gasteiger partial charge in [-0.25, -0.2) is 10.9 Å². The summed E-state index contributed by atoms with van der Waals surface area (Å²) in [4.78, 5) is 25.0. The molecule has 1 aromatic carbocycles. The fourth-order valence-corrected chi connectivity index (χ4v) is 1.82. The molecule has 0 atom stereocenters. The van der Waals surface area contributed by atoms with Crippen molar-refractivity contribution in [2.75, 3.05) is 5.01 Å². The fourth-order valence-electron chi connectivity index (χ4n) is 1.82. The van der Waals surface area contributed by atoms with Gasteiger partial charge in [0.1, 0.15) is 5.82 Å². The van der Waals surface area contributed by atoms with Crippen LogP contribution in [0, 0.1) is 12.3 Å². The van der Waals surface area contributed by atoms with E-state index in [2.05, 4.69) is 10.9 Å². The molecule has 0 bridgehead atoms. The van der Waals surface area contributed by atoms with Crippen molar-refractivity contribution in [2.45, 2.75) is 0 Å². The van der Waals surface area contributed by atoms with E-state index in [0.29, 0.717) is 17.7 Å². The molecule has 20 heavy (non-hydrogen) atoms. The Kier molecular flexibility index (Phi) is 3.55. The normalized spacial score (nSPS) is 9.80. The van der Waals surface area contributed by atoms with Crippen LogP contribution in [0.2, 0.25) is 0 Å². The zero-order chi connectivity index (χ0) is 14.7. The van der Waals surface area contributed by atoms with Crippen molar-refractivity contribution in [1.82, 2.24) is 4.98 Å². The molecule has 0 fully saturated rings. The molecule has 100 valence electrons.